The molecule has 5 heteroatoms. The van der Waals surface area contributed by atoms with Gasteiger partial charge in [-0.25, -0.2) is 0 Å². The predicted molar refractivity (Wildman–Crippen MR) is 62.9 cm³/mol. The second-order valence-corrected chi connectivity index (χ2v) is 6.65. The third kappa shape index (κ3) is 11.6. The van der Waals surface area contributed by atoms with E-state index in [1.165, 1.54) is 10.8 Å². The second kappa shape index (κ2) is 14.9. The van der Waals surface area contributed by atoms with Gasteiger partial charge < -0.3 is 37.2 Å². The molecule has 0 aliphatic heterocycles. The van der Waals surface area contributed by atoms with Crippen LogP contribution in [0.25, 0.3) is 10.8 Å². The first kappa shape index (κ1) is 26.4. The average molecular weight is 386 g/mol. The van der Waals surface area contributed by atoms with E-state index in [0.29, 0.717) is 0 Å². The summed E-state index contributed by atoms with van der Waals surface area (Å²) in [6.45, 7) is 6.81. The van der Waals surface area contributed by atoms with Crippen molar-refractivity contribution in [1.82, 2.24) is 0 Å². The van der Waals surface area contributed by atoms with Crippen LogP contribution in [-0.2, 0) is 26.2 Å². The molecule has 0 N–H and O–H groups in total. The van der Waals surface area contributed by atoms with Crippen LogP contribution in [0.4, 0.5) is 0 Å². The molecule has 0 aliphatic carbocycles. The van der Waals surface area contributed by atoms with Crippen LogP contribution in [0, 0.1) is 0 Å². The Morgan fingerprint density at radius 1 is 0.882 bits per heavy atom. The second-order valence-electron chi connectivity index (χ2n) is 3.65. The van der Waals surface area contributed by atoms with Crippen molar-refractivity contribution in [3.63, 3.8) is 0 Å². The molecule has 0 nitrogen and oxygen atoms in total. The van der Waals surface area contributed by atoms with Crippen LogP contribution in [0.15, 0.2) is 42.5 Å². The quantitative estimate of drug-likeness (QED) is 0.314. The van der Waals surface area contributed by atoms with Gasteiger partial charge in [0.15, 0.2) is 0 Å². The van der Waals surface area contributed by atoms with Crippen molar-refractivity contribution in [3.05, 3.63) is 42.5 Å². The van der Waals surface area contributed by atoms with E-state index in [9.17, 15) is 0 Å². The fourth-order valence-corrected chi connectivity index (χ4v) is 1.07. The summed E-state index contributed by atoms with van der Waals surface area (Å²) < 4.78 is 0. The van der Waals surface area contributed by atoms with E-state index in [4.69, 9.17) is 0 Å². The van der Waals surface area contributed by atoms with Crippen LogP contribution in [0.3, 0.4) is 0 Å². The van der Waals surface area contributed by atoms with E-state index < -0.39 is 0 Å². The maximum atomic E-state index is 2.27. The smallest absolute Gasteiger partial charge is 1.00 e. The van der Waals surface area contributed by atoms with Crippen LogP contribution in [0.5, 0.6) is 0 Å². The Hall–Kier alpha value is 0.800. The zero-order valence-corrected chi connectivity index (χ0v) is 15.9. The van der Waals surface area contributed by atoms with Gasteiger partial charge >= 0.3 is 26.2 Å². The molecule has 0 aromatic heterocycles. The molecular weight excluding hydrogens is 370 g/mol. The Morgan fingerprint density at radius 3 is 1.82 bits per heavy atom. The Morgan fingerprint density at radius 2 is 1.35 bits per heavy atom. The van der Waals surface area contributed by atoms with Crippen molar-refractivity contribution in [1.29, 1.82) is 0 Å². The fraction of sp³-hybridized carbons (Fsp3) is 0.250. The minimum atomic E-state index is 0. The van der Waals surface area contributed by atoms with Gasteiger partial charge in [-0.2, -0.15) is 17.5 Å². The summed E-state index contributed by atoms with van der Waals surface area (Å²) in [4.78, 5) is 0. The molecule has 0 amide bonds. The molecule has 17 heavy (non-hydrogen) atoms. The molecule has 2 aromatic rings. The normalized spacial score (nSPS) is 7.53. The monoisotopic (exact) mass is 383 g/mol. The molecule has 0 saturated heterocycles. The molecule has 0 bridgehead atoms. The number of halogens is 3. The molecule has 1 radical (unpaired) electrons. The summed E-state index contributed by atoms with van der Waals surface area (Å²) in [6.07, 6.45) is 0. The van der Waals surface area contributed by atoms with Crippen LogP contribution >= 0.6 is 0 Å². The molecule has 0 fully saturated rings. The fourth-order valence-electron chi connectivity index (χ4n) is 1.07. The molecule has 93 valence electrons. The topological polar surface area (TPSA) is 0 Å². The van der Waals surface area contributed by atoms with Crippen molar-refractivity contribution in [3.8, 4) is 0 Å². The first-order valence-electron chi connectivity index (χ1n) is 4.57. The van der Waals surface area contributed by atoms with Crippen LogP contribution in [0.2, 0.25) is 19.6 Å². The first-order chi connectivity index (χ1) is 6.20. The Bertz CT molecular complexity index is 330. The van der Waals surface area contributed by atoms with E-state index in [1.807, 2.05) is 0 Å². The molecule has 0 aliphatic rings. The molecule has 2 rings (SSSR count). The van der Waals surface area contributed by atoms with Gasteiger partial charge in [0.25, 0.3) is 0 Å². The minimum Gasteiger partial charge on any atom is -1.00 e. The van der Waals surface area contributed by atoms with Gasteiger partial charge in [0.1, 0.15) is 0 Å². The van der Waals surface area contributed by atoms with Gasteiger partial charge in [-0.3, -0.25) is 0 Å². The molecule has 0 heterocycles. The molecule has 0 unspecified atom stereocenters. The van der Waals surface area contributed by atoms with Gasteiger partial charge in [0.2, 0.25) is 0 Å². The van der Waals surface area contributed by atoms with Gasteiger partial charge in [-0.05, 0) is 0 Å². The van der Waals surface area contributed by atoms with Gasteiger partial charge in [-0.15, -0.1) is 29.7 Å². The average Bonchev–Trinajstić information content (AvgIpc) is 2.49. The molecule has 2 aromatic carbocycles. The van der Waals surface area contributed by atoms with E-state index in [2.05, 4.69) is 62.1 Å². The minimum absolute atomic E-state index is 0. The van der Waals surface area contributed by atoms with Crippen LogP contribution in [0.1, 0.15) is 0 Å². The number of rotatable bonds is 0. The zero-order chi connectivity index (χ0) is 9.68. The SMILES string of the molecule is C[Si](C)C.[Cl-].[Cl-].[Cl-].[Zr+4].c1ccc2[cH-]ccc2c1. The zero-order valence-electron chi connectivity index (χ0n) is 10.2. The number of hydrogen-bond donors (Lipinski definition) is 0. The standard InChI is InChI=1S/C9H7.C3H9Si.3ClH.Zr/c1-2-5-9-7-3-6-8(9)4-1;1-4(2)3;;;;/h1-7H;1-3H3;3*1H;/q-1;;;;;+4/p-3. The Labute approximate surface area is 144 Å². The molecular formula is C12H16Cl3SiZr. The maximum absolute atomic E-state index is 2.27. The first-order valence-corrected chi connectivity index (χ1v) is 7.57. The molecule has 0 spiro atoms. The van der Waals surface area contributed by atoms with E-state index in [-0.39, 0.29) is 72.2 Å². The summed E-state index contributed by atoms with van der Waals surface area (Å²) >= 11 is 0. The summed E-state index contributed by atoms with van der Waals surface area (Å²) in [6, 6.07) is 14.7. The third-order valence-electron chi connectivity index (χ3n) is 1.55. The summed E-state index contributed by atoms with van der Waals surface area (Å²) in [7, 11) is 0.120. The number of benzene rings is 1. The number of fused-ring (bicyclic) bond motifs is 1. The third-order valence-corrected chi connectivity index (χ3v) is 1.55. The van der Waals surface area contributed by atoms with E-state index >= 15 is 0 Å². The summed E-state index contributed by atoms with van der Waals surface area (Å²) in [5.41, 5.74) is 0. The van der Waals surface area contributed by atoms with E-state index in [0.717, 1.165) is 0 Å². The maximum Gasteiger partial charge on any atom is 4.00 e. The van der Waals surface area contributed by atoms with Crippen LogP contribution in [-0.4, -0.2) is 8.80 Å². The van der Waals surface area contributed by atoms with Crippen molar-refractivity contribution < 1.29 is 63.4 Å². The molecule has 0 saturated carbocycles. The van der Waals surface area contributed by atoms with Gasteiger partial charge in [0.05, 0.1) is 0 Å². The van der Waals surface area contributed by atoms with Crippen LogP contribution < -0.4 is 37.2 Å². The number of hydrogen-bond acceptors (Lipinski definition) is 0. The van der Waals surface area contributed by atoms with Gasteiger partial charge in [0, 0.05) is 8.80 Å². The molecule has 0 atom stereocenters. The van der Waals surface area contributed by atoms with Crippen molar-refractivity contribution in [2.45, 2.75) is 19.6 Å². The Balaban J connectivity index is -0.0000000962. The van der Waals surface area contributed by atoms with E-state index in [1.54, 1.807) is 0 Å². The Kier molecular flexibility index (Phi) is 23.1. The predicted octanol–water partition coefficient (Wildman–Crippen LogP) is -5.06. The van der Waals surface area contributed by atoms with Crippen molar-refractivity contribution in [2.24, 2.45) is 0 Å². The summed E-state index contributed by atoms with van der Waals surface area (Å²) in [5.74, 6) is 0. The van der Waals surface area contributed by atoms with Gasteiger partial charge in [-0.1, -0.05) is 25.7 Å². The van der Waals surface area contributed by atoms with Crippen molar-refractivity contribution >= 4 is 19.6 Å². The summed E-state index contributed by atoms with van der Waals surface area (Å²) in [5, 5.41) is 2.66. The van der Waals surface area contributed by atoms with Crippen molar-refractivity contribution in [2.75, 3.05) is 0 Å². The largest absolute Gasteiger partial charge is 4.00 e.